The predicted octanol–water partition coefficient (Wildman–Crippen LogP) is 2.93. The maximum atomic E-state index is 11.4. The number of fused-ring (bicyclic) bond motifs is 1. The largest absolute Gasteiger partial charge is 0.494 e. The van der Waals surface area contributed by atoms with Crippen LogP contribution in [0.15, 0.2) is 42.6 Å². The maximum Gasteiger partial charge on any atom is 0.356 e. The van der Waals surface area contributed by atoms with Gasteiger partial charge in [-0.25, -0.2) is 9.78 Å². The van der Waals surface area contributed by atoms with E-state index in [2.05, 4.69) is 4.98 Å². The van der Waals surface area contributed by atoms with Crippen LogP contribution in [0, 0.1) is 6.92 Å². The number of imidazole rings is 1. The van der Waals surface area contributed by atoms with Crippen LogP contribution >= 0.6 is 0 Å². The highest BCUT2D eigenvalue weighted by molar-refractivity contribution is 5.95. The number of ether oxygens (including phenoxy) is 2. The summed E-state index contributed by atoms with van der Waals surface area (Å²) in [5.41, 5.74) is 1.46. The number of pyridine rings is 1. The summed E-state index contributed by atoms with van der Waals surface area (Å²) in [4.78, 5) is 15.6. The van der Waals surface area contributed by atoms with E-state index in [1.165, 1.54) is 7.11 Å². The Balaban J connectivity index is 1.99. The molecule has 6 heteroatoms. The smallest absolute Gasteiger partial charge is 0.356 e. The SMILES string of the molecule is COc1cccn2c(COc3cccc(C)c3)nc(C(=O)O)c12. The predicted molar refractivity (Wildman–Crippen MR) is 84.2 cm³/mol. The Kier molecular flexibility index (Phi) is 3.89. The van der Waals surface area contributed by atoms with Gasteiger partial charge in [-0.1, -0.05) is 12.1 Å². The monoisotopic (exact) mass is 312 g/mol. The zero-order valence-corrected chi connectivity index (χ0v) is 12.8. The number of carboxylic acids is 1. The molecule has 0 radical (unpaired) electrons. The molecule has 118 valence electrons. The molecule has 0 atom stereocenters. The fourth-order valence-corrected chi connectivity index (χ4v) is 2.44. The van der Waals surface area contributed by atoms with E-state index in [4.69, 9.17) is 9.47 Å². The van der Waals surface area contributed by atoms with Gasteiger partial charge in [0.25, 0.3) is 0 Å². The molecule has 3 aromatic rings. The van der Waals surface area contributed by atoms with Gasteiger partial charge in [0.05, 0.1) is 7.11 Å². The number of aromatic carboxylic acids is 1. The first-order chi connectivity index (χ1) is 11.1. The van der Waals surface area contributed by atoms with Gasteiger partial charge < -0.3 is 14.6 Å². The number of benzene rings is 1. The van der Waals surface area contributed by atoms with Crippen LogP contribution in [-0.4, -0.2) is 27.6 Å². The molecular weight excluding hydrogens is 296 g/mol. The molecule has 1 aromatic carbocycles. The minimum Gasteiger partial charge on any atom is -0.494 e. The number of hydrogen-bond donors (Lipinski definition) is 1. The summed E-state index contributed by atoms with van der Waals surface area (Å²) >= 11 is 0. The van der Waals surface area contributed by atoms with Crippen molar-refractivity contribution in [1.82, 2.24) is 9.38 Å². The molecule has 0 saturated carbocycles. The van der Waals surface area contributed by atoms with E-state index in [1.54, 1.807) is 22.7 Å². The van der Waals surface area contributed by atoms with Gasteiger partial charge in [0.15, 0.2) is 11.5 Å². The Hall–Kier alpha value is -3.02. The number of carboxylic acid groups (broad SMARTS) is 1. The Morgan fingerprint density at radius 1 is 1.30 bits per heavy atom. The molecule has 0 unspecified atom stereocenters. The molecule has 0 aliphatic rings. The minimum absolute atomic E-state index is 0.0507. The average molecular weight is 312 g/mol. The summed E-state index contributed by atoms with van der Waals surface area (Å²) in [7, 11) is 1.50. The van der Waals surface area contributed by atoms with Crippen molar-refractivity contribution in [2.24, 2.45) is 0 Å². The van der Waals surface area contributed by atoms with Crippen molar-refractivity contribution < 1.29 is 19.4 Å². The first kappa shape index (κ1) is 14.9. The zero-order valence-electron chi connectivity index (χ0n) is 12.8. The number of aromatic nitrogens is 2. The zero-order chi connectivity index (χ0) is 16.4. The van der Waals surface area contributed by atoms with Crippen LogP contribution in [0.4, 0.5) is 0 Å². The highest BCUT2D eigenvalue weighted by Crippen LogP contribution is 2.25. The summed E-state index contributed by atoms with van der Waals surface area (Å²) in [6.45, 7) is 2.14. The first-order valence-electron chi connectivity index (χ1n) is 7.07. The summed E-state index contributed by atoms with van der Waals surface area (Å²) in [5.74, 6) is 0.562. The molecule has 0 spiro atoms. The summed E-state index contributed by atoms with van der Waals surface area (Å²) in [6.07, 6.45) is 1.74. The number of methoxy groups -OCH3 is 1. The molecule has 0 saturated heterocycles. The lowest BCUT2D eigenvalue weighted by molar-refractivity contribution is 0.0692. The van der Waals surface area contributed by atoms with Crippen LogP contribution < -0.4 is 9.47 Å². The van der Waals surface area contributed by atoms with Crippen molar-refractivity contribution in [1.29, 1.82) is 0 Å². The Morgan fingerprint density at radius 2 is 2.13 bits per heavy atom. The van der Waals surface area contributed by atoms with Crippen molar-refractivity contribution in [3.63, 3.8) is 0 Å². The van der Waals surface area contributed by atoms with Crippen molar-refractivity contribution in [2.75, 3.05) is 7.11 Å². The molecule has 2 heterocycles. The molecule has 0 aliphatic heterocycles. The van der Waals surface area contributed by atoms with E-state index < -0.39 is 5.97 Å². The third-order valence-electron chi connectivity index (χ3n) is 3.48. The molecule has 0 fully saturated rings. The number of hydrogen-bond acceptors (Lipinski definition) is 4. The maximum absolute atomic E-state index is 11.4. The molecule has 6 nitrogen and oxygen atoms in total. The molecule has 3 rings (SSSR count). The molecule has 0 amide bonds. The second-order valence-electron chi connectivity index (χ2n) is 5.08. The molecule has 0 aliphatic carbocycles. The van der Waals surface area contributed by atoms with Crippen molar-refractivity contribution in [2.45, 2.75) is 13.5 Å². The lowest BCUT2D eigenvalue weighted by Crippen LogP contribution is -2.01. The van der Waals surface area contributed by atoms with Crippen LogP contribution in [0.2, 0.25) is 0 Å². The van der Waals surface area contributed by atoms with E-state index in [1.807, 2.05) is 31.2 Å². The number of rotatable bonds is 5. The van der Waals surface area contributed by atoms with Crippen LogP contribution in [0.3, 0.4) is 0 Å². The summed E-state index contributed by atoms with van der Waals surface area (Å²) in [6, 6.07) is 11.1. The van der Waals surface area contributed by atoms with Crippen LogP contribution in [0.25, 0.3) is 5.52 Å². The van der Waals surface area contributed by atoms with Crippen LogP contribution in [-0.2, 0) is 6.61 Å². The van der Waals surface area contributed by atoms with Gasteiger partial charge in [-0.15, -0.1) is 0 Å². The van der Waals surface area contributed by atoms with Crippen molar-refractivity contribution >= 4 is 11.5 Å². The van der Waals surface area contributed by atoms with E-state index >= 15 is 0 Å². The summed E-state index contributed by atoms with van der Waals surface area (Å²) < 4.78 is 12.7. The quantitative estimate of drug-likeness (QED) is 0.784. The highest BCUT2D eigenvalue weighted by Gasteiger charge is 2.20. The topological polar surface area (TPSA) is 73.1 Å². The second kappa shape index (κ2) is 6.00. The van der Waals surface area contributed by atoms with Gasteiger partial charge in [-0.3, -0.25) is 4.40 Å². The van der Waals surface area contributed by atoms with E-state index in [0.29, 0.717) is 22.8 Å². The second-order valence-corrected chi connectivity index (χ2v) is 5.08. The van der Waals surface area contributed by atoms with Gasteiger partial charge >= 0.3 is 5.97 Å². The third-order valence-corrected chi connectivity index (χ3v) is 3.48. The van der Waals surface area contributed by atoms with E-state index in [0.717, 1.165) is 5.56 Å². The first-order valence-corrected chi connectivity index (χ1v) is 7.07. The van der Waals surface area contributed by atoms with Crippen LogP contribution in [0.5, 0.6) is 11.5 Å². The molecule has 1 N–H and O–H groups in total. The van der Waals surface area contributed by atoms with Crippen molar-refractivity contribution in [3.8, 4) is 11.5 Å². The standard InChI is InChI=1S/C17H16N2O4/c1-11-5-3-6-12(9-11)23-10-14-18-15(17(20)21)16-13(22-2)7-4-8-19(14)16/h3-9H,10H2,1-2H3,(H,20,21). The Bertz CT molecular complexity index is 870. The summed E-state index contributed by atoms with van der Waals surface area (Å²) in [5, 5.41) is 9.37. The van der Waals surface area contributed by atoms with Gasteiger partial charge in [-0.2, -0.15) is 0 Å². The fraction of sp³-hybridized carbons (Fsp3) is 0.176. The molecule has 0 bridgehead atoms. The molecule has 23 heavy (non-hydrogen) atoms. The van der Waals surface area contributed by atoms with Gasteiger partial charge in [-0.05, 0) is 36.8 Å². The Morgan fingerprint density at radius 3 is 2.83 bits per heavy atom. The lowest BCUT2D eigenvalue weighted by Gasteiger charge is -2.07. The minimum atomic E-state index is -1.10. The number of aryl methyl sites for hydroxylation is 1. The third kappa shape index (κ3) is 2.83. The fourth-order valence-electron chi connectivity index (χ4n) is 2.44. The normalized spacial score (nSPS) is 10.7. The van der Waals surface area contributed by atoms with Gasteiger partial charge in [0.1, 0.15) is 23.6 Å². The molecule has 2 aromatic heterocycles. The van der Waals surface area contributed by atoms with Crippen LogP contribution in [0.1, 0.15) is 21.9 Å². The van der Waals surface area contributed by atoms with Gasteiger partial charge in [0, 0.05) is 6.20 Å². The van der Waals surface area contributed by atoms with Crippen molar-refractivity contribution in [3.05, 3.63) is 59.7 Å². The number of carbonyl (C=O) groups is 1. The molecular formula is C17H16N2O4. The number of nitrogens with zero attached hydrogens (tertiary/aromatic N) is 2. The highest BCUT2D eigenvalue weighted by atomic mass is 16.5. The van der Waals surface area contributed by atoms with Gasteiger partial charge in [0.2, 0.25) is 0 Å². The average Bonchev–Trinajstić information content (AvgIpc) is 2.92. The van der Waals surface area contributed by atoms with E-state index in [9.17, 15) is 9.90 Å². The Labute approximate surface area is 132 Å². The lowest BCUT2D eigenvalue weighted by atomic mass is 10.2. The van der Waals surface area contributed by atoms with E-state index in [-0.39, 0.29) is 12.3 Å².